The number of rotatable bonds is 4. The van der Waals surface area contributed by atoms with Gasteiger partial charge in [0.05, 0.1) is 18.8 Å². The fourth-order valence-corrected chi connectivity index (χ4v) is 3.67. The molecule has 0 aliphatic carbocycles. The van der Waals surface area contributed by atoms with Crippen molar-refractivity contribution >= 4 is 15.7 Å². The molecular weight excluding hydrogens is 290 g/mol. The fraction of sp³-hybridized carbons (Fsp3) is 0.533. The van der Waals surface area contributed by atoms with Gasteiger partial charge in [0.15, 0.2) is 0 Å². The van der Waals surface area contributed by atoms with Crippen molar-refractivity contribution in [2.24, 2.45) is 0 Å². The number of hydrogen-bond donors (Lipinski definition) is 0. The van der Waals surface area contributed by atoms with Crippen LogP contribution in [0.1, 0.15) is 18.4 Å². The zero-order valence-electron chi connectivity index (χ0n) is 12.4. The van der Waals surface area contributed by atoms with Crippen LogP contribution in [0.4, 0.5) is 0 Å². The first-order valence-electron chi connectivity index (χ1n) is 6.99. The molecule has 2 rings (SSSR count). The van der Waals surface area contributed by atoms with Crippen LogP contribution in [0, 0.1) is 0 Å². The van der Waals surface area contributed by atoms with E-state index in [2.05, 4.69) is 0 Å². The summed E-state index contributed by atoms with van der Waals surface area (Å²) in [5.74, 6) is 0.770. The lowest BCUT2D eigenvalue weighted by molar-refractivity contribution is -0.131. The molecule has 1 aliphatic heterocycles. The Morgan fingerprint density at radius 3 is 2.57 bits per heavy atom. The minimum Gasteiger partial charge on any atom is -0.497 e. The number of carbonyl (C=O) groups excluding carboxylic acids is 1. The van der Waals surface area contributed by atoms with Crippen LogP contribution in [0.3, 0.4) is 0 Å². The van der Waals surface area contributed by atoms with Crippen molar-refractivity contribution in [1.29, 1.82) is 0 Å². The van der Waals surface area contributed by atoms with Crippen LogP contribution < -0.4 is 4.74 Å². The summed E-state index contributed by atoms with van der Waals surface area (Å²) in [5.41, 5.74) is 0.907. The molecule has 1 aliphatic rings. The zero-order chi connectivity index (χ0) is 15.5. The van der Waals surface area contributed by atoms with Crippen LogP contribution in [-0.2, 0) is 21.1 Å². The Bertz CT molecular complexity index is 604. The first kappa shape index (κ1) is 15.8. The lowest BCUT2D eigenvalue weighted by atomic mass is 10.1. The Hall–Kier alpha value is -1.56. The van der Waals surface area contributed by atoms with E-state index in [9.17, 15) is 13.2 Å². The lowest BCUT2D eigenvalue weighted by Gasteiger charge is -2.31. The number of hydrogen-bond acceptors (Lipinski definition) is 4. The Labute approximate surface area is 125 Å². The Morgan fingerprint density at radius 2 is 2.00 bits per heavy atom. The Morgan fingerprint density at radius 1 is 1.33 bits per heavy atom. The fourth-order valence-electron chi connectivity index (χ4n) is 2.60. The van der Waals surface area contributed by atoms with Gasteiger partial charge in [0.25, 0.3) is 0 Å². The third-order valence-electron chi connectivity index (χ3n) is 3.89. The van der Waals surface area contributed by atoms with Crippen molar-refractivity contribution in [3.8, 4) is 5.75 Å². The highest BCUT2D eigenvalue weighted by Crippen LogP contribution is 2.19. The van der Waals surface area contributed by atoms with E-state index in [1.165, 1.54) is 6.26 Å². The van der Waals surface area contributed by atoms with Crippen molar-refractivity contribution in [1.82, 2.24) is 4.90 Å². The molecule has 0 spiro atoms. The first-order chi connectivity index (χ1) is 9.90. The molecule has 1 aromatic rings. The zero-order valence-corrected chi connectivity index (χ0v) is 13.2. The second kappa shape index (κ2) is 6.47. The van der Waals surface area contributed by atoms with Gasteiger partial charge in [0.1, 0.15) is 15.6 Å². The summed E-state index contributed by atoms with van der Waals surface area (Å²) in [7, 11) is -1.40. The van der Waals surface area contributed by atoms with Gasteiger partial charge in [-0.2, -0.15) is 0 Å². The Kier molecular flexibility index (Phi) is 4.88. The molecule has 0 bridgehead atoms. The molecule has 116 valence electrons. The molecule has 0 saturated carbocycles. The molecule has 1 fully saturated rings. The van der Waals surface area contributed by atoms with E-state index in [0.717, 1.165) is 11.3 Å². The summed E-state index contributed by atoms with van der Waals surface area (Å²) in [4.78, 5) is 14.0. The SMILES string of the molecule is COc1cccc(CC(=O)N2CCC(S(C)(=O)=O)CC2)c1. The highest BCUT2D eigenvalue weighted by Gasteiger charge is 2.28. The van der Waals surface area contributed by atoms with Crippen molar-refractivity contribution < 1.29 is 17.9 Å². The molecule has 0 N–H and O–H groups in total. The molecule has 0 unspecified atom stereocenters. The smallest absolute Gasteiger partial charge is 0.226 e. The summed E-state index contributed by atoms with van der Waals surface area (Å²) in [6.45, 7) is 1.03. The van der Waals surface area contributed by atoms with E-state index >= 15 is 0 Å². The van der Waals surface area contributed by atoms with Crippen LogP contribution in [0.25, 0.3) is 0 Å². The second-order valence-corrected chi connectivity index (χ2v) is 7.76. The minimum absolute atomic E-state index is 0.0372. The van der Waals surface area contributed by atoms with E-state index < -0.39 is 9.84 Å². The number of methoxy groups -OCH3 is 1. The molecule has 0 radical (unpaired) electrons. The average molecular weight is 311 g/mol. The summed E-state index contributed by atoms with van der Waals surface area (Å²) < 4.78 is 28.2. The average Bonchev–Trinajstić information content (AvgIpc) is 2.46. The number of amides is 1. The summed E-state index contributed by atoms with van der Waals surface area (Å²) in [6, 6.07) is 7.44. The maximum atomic E-state index is 12.3. The lowest BCUT2D eigenvalue weighted by Crippen LogP contribution is -2.42. The standard InChI is InChI=1S/C15H21NO4S/c1-20-13-5-3-4-12(10-13)11-15(17)16-8-6-14(7-9-16)21(2,18)19/h3-5,10,14H,6-9,11H2,1-2H3. The van der Waals surface area contributed by atoms with Crippen molar-refractivity contribution in [3.05, 3.63) is 29.8 Å². The van der Waals surface area contributed by atoms with E-state index in [1.54, 1.807) is 12.0 Å². The van der Waals surface area contributed by atoms with Crippen molar-refractivity contribution in [2.75, 3.05) is 26.5 Å². The van der Waals surface area contributed by atoms with E-state index in [-0.39, 0.29) is 11.2 Å². The summed E-state index contributed by atoms with van der Waals surface area (Å²) in [6.07, 6.45) is 2.65. The van der Waals surface area contributed by atoms with Gasteiger partial charge in [-0.15, -0.1) is 0 Å². The molecular formula is C15H21NO4S. The number of sulfone groups is 1. The summed E-state index contributed by atoms with van der Waals surface area (Å²) in [5, 5.41) is -0.307. The molecule has 21 heavy (non-hydrogen) atoms. The van der Waals surface area contributed by atoms with Crippen LogP contribution in [0.5, 0.6) is 5.75 Å². The van der Waals surface area contributed by atoms with E-state index in [4.69, 9.17) is 4.74 Å². The molecule has 1 saturated heterocycles. The quantitative estimate of drug-likeness (QED) is 0.840. The van der Waals surface area contributed by atoms with Crippen LogP contribution in [0.2, 0.25) is 0 Å². The number of carbonyl (C=O) groups is 1. The monoisotopic (exact) mass is 311 g/mol. The maximum absolute atomic E-state index is 12.3. The van der Waals surface area contributed by atoms with Gasteiger partial charge in [-0.1, -0.05) is 12.1 Å². The predicted octanol–water partition coefficient (Wildman–Crippen LogP) is 1.27. The van der Waals surface area contributed by atoms with Crippen LogP contribution >= 0.6 is 0 Å². The van der Waals surface area contributed by atoms with Crippen LogP contribution in [0.15, 0.2) is 24.3 Å². The molecule has 1 amide bonds. The normalized spacial score (nSPS) is 16.8. The first-order valence-corrected chi connectivity index (χ1v) is 8.95. The largest absolute Gasteiger partial charge is 0.497 e. The van der Waals surface area contributed by atoms with Crippen molar-refractivity contribution in [3.63, 3.8) is 0 Å². The molecule has 1 aromatic carbocycles. The number of benzene rings is 1. The van der Waals surface area contributed by atoms with Gasteiger partial charge in [-0.05, 0) is 30.5 Å². The third-order valence-corrected chi connectivity index (χ3v) is 5.57. The van der Waals surface area contributed by atoms with Gasteiger partial charge in [0, 0.05) is 19.3 Å². The topological polar surface area (TPSA) is 63.7 Å². The van der Waals surface area contributed by atoms with Gasteiger partial charge in [-0.3, -0.25) is 4.79 Å². The summed E-state index contributed by atoms with van der Waals surface area (Å²) >= 11 is 0. The number of nitrogens with zero attached hydrogens (tertiary/aromatic N) is 1. The van der Waals surface area contributed by atoms with Gasteiger partial charge in [0.2, 0.25) is 5.91 Å². The van der Waals surface area contributed by atoms with Crippen molar-refractivity contribution in [2.45, 2.75) is 24.5 Å². The highest BCUT2D eigenvalue weighted by molar-refractivity contribution is 7.91. The molecule has 0 atom stereocenters. The minimum atomic E-state index is -3.00. The number of likely N-dealkylation sites (tertiary alicyclic amines) is 1. The molecule has 5 nitrogen and oxygen atoms in total. The Balaban J connectivity index is 1.93. The van der Waals surface area contributed by atoms with Crippen LogP contribution in [-0.4, -0.2) is 50.9 Å². The number of piperidine rings is 1. The van der Waals surface area contributed by atoms with Gasteiger partial charge < -0.3 is 9.64 Å². The highest BCUT2D eigenvalue weighted by atomic mass is 32.2. The van der Waals surface area contributed by atoms with E-state index in [1.807, 2.05) is 24.3 Å². The van der Waals surface area contributed by atoms with Gasteiger partial charge in [-0.25, -0.2) is 8.42 Å². The maximum Gasteiger partial charge on any atom is 0.226 e. The predicted molar refractivity (Wildman–Crippen MR) is 81.1 cm³/mol. The van der Waals surface area contributed by atoms with E-state index in [0.29, 0.717) is 32.4 Å². The molecule has 0 aromatic heterocycles. The van der Waals surface area contributed by atoms with Gasteiger partial charge >= 0.3 is 0 Å². The molecule has 1 heterocycles. The second-order valence-electron chi connectivity index (χ2n) is 5.44. The number of ether oxygens (including phenoxy) is 1. The third kappa shape index (κ3) is 4.20. The molecule has 6 heteroatoms.